The number of amides is 1. The molecule has 1 aliphatic rings. The highest BCUT2D eigenvalue weighted by Crippen LogP contribution is 2.22. The van der Waals surface area contributed by atoms with E-state index in [1.807, 2.05) is 18.2 Å². The lowest BCUT2D eigenvalue weighted by Crippen LogP contribution is -2.45. The van der Waals surface area contributed by atoms with Crippen molar-refractivity contribution in [2.75, 3.05) is 58.3 Å². The monoisotopic (exact) mass is 454 g/mol. The molecule has 4 rings (SSSR count). The zero-order valence-corrected chi connectivity index (χ0v) is 19.1. The van der Waals surface area contributed by atoms with Crippen molar-refractivity contribution in [3.05, 3.63) is 58.6 Å². The van der Waals surface area contributed by atoms with E-state index in [9.17, 15) is 14.7 Å². The smallest absolute Gasteiger partial charge is 0.420 e. The molecule has 0 bridgehead atoms. The van der Waals surface area contributed by atoms with E-state index in [0.717, 1.165) is 44.7 Å². The van der Waals surface area contributed by atoms with E-state index in [1.54, 1.807) is 31.4 Å². The predicted molar refractivity (Wildman–Crippen MR) is 126 cm³/mol. The van der Waals surface area contributed by atoms with Crippen LogP contribution in [0.4, 0.5) is 10.5 Å². The number of carboxylic acid groups (broad SMARTS) is 1. The standard InChI is InChI=1S/C24H30N4O5/c1-25-11-13-26(14-12-25)9-4-10-27(23(29)30)19-6-3-5-18(15-19)17-28-21-8-7-20(32-2)16-22(21)33-24(28)31/h3,5-8,15-16H,4,9-14,17H2,1-2H3,(H,29,30). The van der Waals surface area contributed by atoms with Crippen molar-refractivity contribution < 1.29 is 19.1 Å². The molecular weight excluding hydrogens is 424 g/mol. The van der Waals surface area contributed by atoms with Crippen LogP contribution < -0.4 is 15.4 Å². The number of oxazole rings is 1. The number of rotatable bonds is 8. The summed E-state index contributed by atoms with van der Waals surface area (Å²) in [6.07, 6.45) is -0.225. The van der Waals surface area contributed by atoms with Crippen molar-refractivity contribution in [2.45, 2.75) is 13.0 Å². The summed E-state index contributed by atoms with van der Waals surface area (Å²) < 4.78 is 12.1. The maximum Gasteiger partial charge on any atom is 0.420 e. The van der Waals surface area contributed by atoms with E-state index >= 15 is 0 Å². The minimum absolute atomic E-state index is 0.279. The number of hydrogen-bond acceptors (Lipinski definition) is 6. The van der Waals surface area contributed by atoms with Crippen molar-refractivity contribution in [1.29, 1.82) is 0 Å². The van der Waals surface area contributed by atoms with Crippen LogP contribution in [0, 0.1) is 0 Å². The molecule has 1 saturated heterocycles. The third-order valence-corrected chi connectivity index (χ3v) is 6.12. The maximum atomic E-state index is 12.4. The molecule has 0 atom stereocenters. The van der Waals surface area contributed by atoms with Gasteiger partial charge < -0.3 is 24.1 Å². The van der Waals surface area contributed by atoms with E-state index in [1.165, 1.54) is 9.47 Å². The molecule has 3 aromatic rings. The molecule has 33 heavy (non-hydrogen) atoms. The fourth-order valence-electron chi connectivity index (χ4n) is 4.19. The first-order valence-electron chi connectivity index (χ1n) is 11.1. The number of aromatic nitrogens is 1. The lowest BCUT2D eigenvalue weighted by Gasteiger charge is -2.32. The number of piperazine rings is 1. The number of nitrogens with zero attached hydrogens (tertiary/aromatic N) is 4. The van der Waals surface area contributed by atoms with Gasteiger partial charge in [-0.2, -0.15) is 0 Å². The van der Waals surface area contributed by atoms with Crippen molar-refractivity contribution >= 4 is 22.9 Å². The number of likely N-dealkylation sites (N-methyl/N-ethyl adjacent to an activating group) is 1. The molecule has 0 saturated carbocycles. The number of fused-ring (bicyclic) bond motifs is 1. The molecule has 0 radical (unpaired) electrons. The Kier molecular flexibility index (Phi) is 7.00. The van der Waals surface area contributed by atoms with E-state index in [0.29, 0.717) is 29.1 Å². The molecule has 1 amide bonds. The molecule has 1 fully saturated rings. The van der Waals surface area contributed by atoms with Gasteiger partial charge in [0.1, 0.15) is 5.75 Å². The second-order valence-corrected chi connectivity index (χ2v) is 8.39. The summed E-state index contributed by atoms with van der Waals surface area (Å²) in [7, 11) is 3.68. The summed E-state index contributed by atoms with van der Waals surface area (Å²) in [6.45, 7) is 5.67. The molecule has 0 spiro atoms. The molecule has 2 heterocycles. The number of ether oxygens (including phenoxy) is 1. The summed E-state index contributed by atoms with van der Waals surface area (Å²) in [5.41, 5.74) is 2.53. The van der Waals surface area contributed by atoms with Crippen LogP contribution in [0.15, 0.2) is 51.7 Å². The van der Waals surface area contributed by atoms with E-state index in [-0.39, 0.29) is 6.54 Å². The highest BCUT2D eigenvalue weighted by Gasteiger charge is 2.18. The molecule has 2 aromatic carbocycles. The summed E-state index contributed by atoms with van der Waals surface area (Å²) in [6, 6.07) is 12.5. The normalized spacial score (nSPS) is 15.1. The number of methoxy groups -OCH3 is 1. The molecule has 0 unspecified atom stereocenters. The average molecular weight is 455 g/mol. The first kappa shape index (κ1) is 22.9. The van der Waals surface area contributed by atoms with Crippen LogP contribution >= 0.6 is 0 Å². The predicted octanol–water partition coefficient (Wildman–Crippen LogP) is 2.77. The molecule has 176 valence electrons. The number of carbonyl (C=O) groups is 1. The second kappa shape index (κ2) is 10.1. The Morgan fingerprint density at radius 1 is 1.15 bits per heavy atom. The average Bonchev–Trinajstić information content (AvgIpc) is 3.12. The molecule has 9 nitrogen and oxygen atoms in total. The SMILES string of the molecule is COc1ccc2c(c1)oc(=O)n2Cc1cccc(N(CCCN2CCN(C)CC2)C(=O)O)c1. The molecule has 1 aliphatic heterocycles. The quantitative estimate of drug-likeness (QED) is 0.560. The molecule has 0 aliphatic carbocycles. The number of benzene rings is 2. The van der Waals surface area contributed by atoms with Crippen molar-refractivity contribution in [2.24, 2.45) is 0 Å². The minimum atomic E-state index is -0.983. The van der Waals surface area contributed by atoms with Gasteiger partial charge in [0.25, 0.3) is 0 Å². The van der Waals surface area contributed by atoms with Gasteiger partial charge in [-0.25, -0.2) is 9.59 Å². The fraction of sp³-hybridized carbons (Fsp3) is 0.417. The van der Waals surface area contributed by atoms with Gasteiger partial charge in [0.05, 0.1) is 19.2 Å². The summed E-state index contributed by atoms with van der Waals surface area (Å²) in [5.74, 6) is 0.144. The first-order chi connectivity index (χ1) is 15.9. The Morgan fingerprint density at radius 2 is 1.94 bits per heavy atom. The van der Waals surface area contributed by atoms with E-state index in [4.69, 9.17) is 9.15 Å². The minimum Gasteiger partial charge on any atom is -0.497 e. The molecule has 1 N–H and O–H groups in total. The Labute approximate surface area is 192 Å². The highest BCUT2D eigenvalue weighted by molar-refractivity contribution is 5.86. The largest absolute Gasteiger partial charge is 0.497 e. The first-order valence-corrected chi connectivity index (χ1v) is 11.1. The van der Waals surface area contributed by atoms with Crippen molar-refractivity contribution in [1.82, 2.24) is 14.4 Å². The van der Waals surface area contributed by atoms with Gasteiger partial charge >= 0.3 is 11.8 Å². The van der Waals surface area contributed by atoms with Crippen molar-refractivity contribution in [3.63, 3.8) is 0 Å². The van der Waals surface area contributed by atoms with Crippen LogP contribution in [0.1, 0.15) is 12.0 Å². The highest BCUT2D eigenvalue weighted by atomic mass is 16.5. The van der Waals surface area contributed by atoms with E-state index in [2.05, 4.69) is 16.8 Å². The van der Waals surface area contributed by atoms with Gasteiger partial charge in [-0.1, -0.05) is 12.1 Å². The summed E-state index contributed by atoms with van der Waals surface area (Å²) >= 11 is 0. The van der Waals surface area contributed by atoms with Gasteiger partial charge in [0.15, 0.2) is 5.58 Å². The Hall–Kier alpha value is -3.30. The van der Waals surface area contributed by atoms with Crippen LogP contribution in [0.25, 0.3) is 11.1 Å². The number of anilines is 1. The zero-order chi connectivity index (χ0) is 23.4. The zero-order valence-electron chi connectivity index (χ0n) is 19.1. The fourth-order valence-corrected chi connectivity index (χ4v) is 4.19. The van der Waals surface area contributed by atoms with Gasteiger partial charge in [0.2, 0.25) is 0 Å². The lowest BCUT2D eigenvalue weighted by atomic mass is 10.1. The van der Waals surface area contributed by atoms with Crippen LogP contribution in [0.2, 0.25) is 0 Å². The molecule has 9 heteroatoms. The van der Waals surface area contributed by atoms with Crippen molar-refractivity contribution in [3.8, 4) is 5.75 Å². The second-order valence-electron chi connectivity index (χ2n) is 8.39. The van der Waals surface area contributed by atoms with Crippen LogP contribution in [-0.4, -0.2) is 79.0 Å². The number of hydrogen-bond donors (Lipinski definition) is 1. The Bertz CT molecular complexity index is 1160. The topological polar surface area (TPSA) is 91.4 Å². The third kappa shape index (κ3) is 5.37. The van der Waals surface area contributed by atoms with Gasteiger partial charge in [-0.05, 0) is 49.8 Å². The maximum absolute atomic E-state index is 12.4. The third-order valence-electron chi connectivity index (χ3n) is 6.12. The Morgan fingerprint density at radius 3 is 2.67 bits per heavy atom. The van der Waals surface area contributed by atoms with Gasteiger partial charge in [-0.3, -0.25) is 9.47 Å². The molecular formula is C24H30N4O5. The van der Waals surface area contributed by atoms with Gasteiger partial charge in [-0.15, -0.1) is 0 Å². The molecule has 1 aromatic heterocycles. The van der Waals surface area contributed by atoms with Crippen LogP contribution in [-0.2, 0) is 6.54 Å². The summed E-state index contributed by atoms with van der Waals surface area (Å²) in [4.78, 5) is 30.4. The van der Waals surface area contributed by atoms with Gasteiger partial charge in [0, 0.05) is 44.5 Å². The Balaban J connectivity index is 1.47. The van der Waals surface area contributed by atoms with Crippen LogP contribution in [0.3, 0.4) is 0 Å². The summed E-state index contributed by atoms with van der Waals surface area (Å²) in [5, 5.41) is 9.80. The van der Waals surface area contributed by atoms with E-state index < -0.39 is 11.8 Å². The van der Waals surface area contributed by atoms with Crippen LogP contribution in [0.5, 0.6) is 5.75 Å². The lowest BCUT2D eigenvalue weighted by molar-refractivity contribution is 0.153.